The summed E-state index contributed by atoms with van der Waals surface area (Å²) in [5, 5.41) is 68.4. The Balaban J connectivity index is 2.13. The Morgan fingerprint density at radius 3 is 2.00 bits per heavy atom. The van der Waals surface area contributed by atoms with Gasteiger partial charge in [0.1, 0.15) is 55.6 Å². The smallest absolute Gasteiger partial charge is 0.187 e. The van der Waals surface area contributed by atoms with Crippen molar-refractivity contribution in [3.63, 3.8) is 0 Å². The summed E-state index contributed by atoms with van der Waals surface area (Å²) in [6.45, 7) is 0.304. The third-order valence-electron chi connectivity index (χ3n) is 4.49. The normalized spacial score (nSPS) is 45.8. The van der Waals surface area contributed by atoms with Crippen molar-refractivity contribution < 1.29 is 59.4 Å². The maximum Gasteiger partial charge on any atom is 0.187 e. The molecule has 10 atom stereocenters. The molecule has 2 fully saturated rings. The lowest BCUT2D eigenvalue weighted by Crippen LogP contribution is -2.64. The van der Waals surface area contributed by atoms with Gasteiger partial charge in [-0.25, -0.2) is 0 Å². The molecule has 0 saturated carbocycles. The van der Waals surface area contributed by atoms with Crippen molar-refractivity contribution in [3.05, 3.63) is 0 Å². The van der Waals surface area contributed by atoms with Crippen molar-refractivity contribution in [2.75, 3.05) is 26.6 Å². The van der Waals surface area contributed by atoms with E-state index in [1.807, 2.05) is 0 Å². The molecule has 0 aromatic carbocycles. The van der Waals surface area contributed by atoms with Crippen LogP contribution in [-0.4, -0.2) is 124 Å². The van der Waals surface area contributed by atoms with Crippen molar-refractivity contribution >= 4 is 0 Å². The van der Waals surface area contributed by atoms with Crippen LogP contribution in [0, 0.1) is 0 Å². The van der Waals surface area contributed by atoms with Gasteiger partial charge in [-0.3, -0.25) is 0 Å². The Morgan fingerprint density at radius 1 is 0.778 bits per heavy atom. The van der Waals surface area contributed by atoms with Crippen LogP contribution in [0.2, 0.25) is 0 Å². The van der Waals surface area contributed by atoms with Crippen molar-refractivity contribution in [2.24, 2.45) is 0 Å². The minimum atomic E-state index is -1.69. The lowest BCUT2D eigenvalue weighted by molar-refractivity contribution is -0.367. The van der Waals surface area contributed by atoms with E-state index in [-0.39, 0.29) is 13.2 Å². The monoisotopic (exact) mass is 400 g/mol. The average molecular weight is 400 g/mol. The fourth-order valence-electron chi connectivity index (χ4n) is 2.99. The number of hydrogen-bond acceptors (Lipinski definition) is 12. The summed E-state index contributed by atoms with van der Waals surface area (Å²) in [5.74, 6) is 0. The van der Waals surface area contributed by atoms with Gasteiger partial charge in [-0.05, 0) is 6.92 Å². The number of rotatable bonds is 8. The van der Waals surface area contributed by atoms with E-state index < -0.39 is 74.8 Å². The average Bonchev–Trinajstić information content (AvgIpc) is 2.66. The number of aliphatic hydroxyl groups excluding tert-OH is 7. The van der Waals surface area contributed by atoms with Gasteiger partial charge in [0.2, 0.25) is 0 Å². The van der Waals surface area contributed by atoms with Crippen LogP contribution in [0.5, 0.6) is 0 Å². The molecule has 0 aromatic heterocycles. The topological polar surface area (TPSA) is 188 Å². The van der Waals surface area contributed by atoms with Crippen LogP contribution >= 0.6 is 0 Å². The molecule has 2 aliphatic rings. The van der Waals surface area contributed by atoms with E-state index in [0.717, 1.165) is 0 Å². The molecule has 0 aromatic rings. The molecule has 0 spiro atoms. The van der Waals surface area contributed by atoms with Gasteiger partial charge in [-0.1, -0.05) is 0 Å². The molecule has 27 heavy (non-hydrogen) atoms. The van der Waals surface area contributed by atoms with E-state index in [1.165, 1.54) is 0 Å². The molecule has 2 aliphatic heterocycles. The molecule has 0 radical (unpaired) electrons. The predicted octanol–water partition coefficient (Wildman–Crippen LogP) is -4.38. The first-order valence-electron chi connectivity index (χ1n) is 8.63. The van der Waals surface area contributed by atoms with Crippen molar-refractivity contribution in [1.29, 1.82) is 0 Å². The predicted molar refractivity (Wildman–Crippen MR) is 84.0 cm³/mol. The second kappa shape index (κ2) is 10.3. The Hall–Kier alpha value is -0.480. The van der Waals surface area contributed by atoms with Crippen molar-refractivity contribution in [2.45, 2.75) is 68.3 Å². The molecule has 2 rings (SSSR count). The molecular formula is C15H28O12. The number of aliphatic hydroxyl groups is 7. The molecule has 0 bridgehead atoms. The van der Waals surface area contributed by atoms with Gasteiger partial charge < -0.3 is 59.4 Å². The summed E-state index contributed by atoms with van der Waals surface area (Å²) in [4.78, 5) is 0. The highest BCUT2D eigenvalue weighted by Gasteiger charge is 2.50. The number of hydrogen-bond donors (Lipinski definition) is 7. The number of ether oxygens (including phenoxy) is 5. The van der Waals surface area contributed by atoms with Crippen LogP contribution in [0.25, 0.3) is 0 Å². The maximum atomic E-state index is 10.3. The molecule has 12 nitrogen and oxygen atoms in total. The van der Waals surface area contributed by atoms with Gasteiger partial charge in [0.25, 0.3) is 0 Å². The van der Waals surface area contributed by atoms with Gasteiger partial charge in [0.15, 0.2) is 12.6 Å². The first kappa shape index (κ1) is 22.8. The lowest BCUT2D eigenvalue weighted by atomic mass is 9.97. The first-order chi connectivity index (χ1) is 12.8. The molecule has 7 N–H and O–H groups in total. The molecule has 2 saturated heterocycles. The van der Waals surface area contributed by atoms with Crippen LogP contribution in [0.1, 0.15) is 6.92 Å². The van der Waals surface area contributed by atoms with E-state index in [9.17, 15) is 30.6 Å². The van der Waals surface area contributed by atoms with Gasteiger partial charge in [-0.2, -0.15) is 0 Å². The quantitative estimate of drug-likeness (QED) is 0.194. The second-order valence-corrected chi connectivity index (χ2v) is 6.28. The van der Waals surface area contributed by atoms with E-state index >= 15 is 0 Å². The van der Waals surface area contributed by atoms with Crippen LogP contribution in [0.3, 0.4) is 0 Å². The Kier molecular flexibility index (Phi) is 8.73. The highest BCUT2D eigenvalue weighted by atomic mass is 16.8. The molecular weight excluding hydrogens is 372 g/mol. The van der Waals surface area contributed by atoms with Crippen LogP contribution in [0.15, 0.2) is 0 Å². The first-order valence-corrected chi connectivity index (χ1v) is 8.63. The summed E-state index contributed by atoms with van der Waals surface area (Å²) in [5.41, 5.74) is 0. The van der Waals surface area contributed by atoms with E-state index in [4.69, 9.17) is 28.8 Å². The van der Waals surface area contributed by atoms with Crippen molar-refractivity contribution in [3.8, 4) is 0 Å². The zero-order chi connectivity index (χ0) is 20.1. The van der Waals surface area contributed by atoms with E-state index in [0.29, 0.717) is 0 Å². The largest absolute Gasteiger partial charge is 0.394 e. The van der Waals surface area contributed by atoms with Crippen LogP contribution in [0.4, 0.5) is 0 Å². The van der Waals surface area contributed by atoms with E-state index in [2.05, 4.69) is 0 Å². The summed E-state index contributed by atoms with van der Waals surface area (Å²) >= 11 is 0. The zero-order valence-corrected chi connectivity index (χ0v) is 14.8. The molecule has 12 heteroatoms. The molecule has 2 heterocycles. The standard InChI is InChI=1S/C15H28O12/c1-2-24-15-13(11(21)8(18)6(3-16)25-15)27-14-12(22)10(20)9(19)7(26-14)4-23-5-17/h6-22H,2-5H2,1H3/t6?,7?,8-,9-,10?,11?,12+,13+,14+,15?/m1/s1. The maximum absolute atomic E-state index is 10.3. The van der Waals surface area contributed by atoms with Gasteiger partial charge in [0, 0.05) is 6.61 Å². The summed E-state index contributed by atoms with van der Waals surface area (Å²) < 4.78 is 26.3. The summed E-state index contributed by atoms with van der Waals surface area (Å²) in [7, 11) is 0. The zero-order valence-electron chi connectivity index (χ0n) is 14.8. The van der Waals surface area contributed by atoms with Gasteiger partial charge in [0.05, 0.1) is 13.2 Å². The minimum Gasteiger partial charge on any atom is -0.394 e. The second-order valence-electron chi connectivity index (χ2n) is 6.28. The summed E-state index contributed by atoms with van der Waals surface area (Å²) in [6.07, 6.45) is -14.2. The third-order valence-corrected chi connectivity index (χ3v) is 4.49. The SMILES string of the molecule is CCOC1OC(CO)[C@@H](O)C(O)[C@@H]1O[C@@H]1OC(COCO)[C@@H](O)C(O)[C@@H]1O. The molecule has 160 valence electrons. The minimum absolute atomic E-state index is 0.161. The third kappa shape index (κ3) is 5.12. The van der Waals surface area contributed by atoms with Gasteiger partial charge >= 0.3 is 0 Å². The van der Waals surface area contributed by atoms with Crippen LogP contribution in [-0.2, 0) is 23.7 Å². The van der Waals surface area contributed by atoms with Crippen molar-refractivity contribution in [1.82, 2.24) is 0 Å². The van der Waals surface area contributed by atoms with E-state index in [1.54, 1.807) is 6.92 Å². The highest BCUT2D eigenvalue weighted by molar-refractivity contribution is 4.93. The Morgan fingerprint density at radius 2 is 1.41 bits per heavy atom. The fourth-order valence-corrected chi connectivity index (χ4v) is 2.99. The fraction of sp³-hybridized carbons (Fsp3) is 1.00. The molecule has 0 aliphatic carbocycles. The Bertz CT molecular complexity index is 439. The lowest BCUT2D eigenvalue weighted by Gasteiger charge is -2.46. The summed E-state index contributed by atoms with van der Waals surface area (Å²) in [6, 6.07) is 0. The highest BCUT2D eigenvalue weighted by Crippen LogP contribution is 2.29. The van der Waals surface area contributed by atoms with Crippen LogP contribution < -0.4 is 0 Å². The Labute approximate surface area is 155 Å². The van der Waals surface area contributed by atoms with Gasteiger partial charge in [-0.15, -0.1) is 0 Å². The molecule has 0 amide bonds. The molecule has 5 unspecified atom stereocenters.